The predicted molar refractivity (Wildman–Crippen MR) is 113 cm³/mol. The van der Waals surface area contributed by atoms with Gasteiger partial charge in [-0.2, -0.15) is 0 Å². The number of methoxy groups -OCH3 is 2. The zero-order valence-electron chi connectivity index (χ0n) is 16.2. The number of aromatic nitrogens is 3. The molecule has 29 heavy (non-hydrogen) atoms. The molecule has 0 aliphatic heterocycles. The molecule has 2 heterocycles. The van der Waals surface area contributed by atoms with Crippen LogP contribution in [-0.2, 0) is 22.7 Å². The molecule has 0 saturated carbocycles. The largest absolute Gasteiger partial charge is 0.378 e. The highest BCUT2D eigenvalue weighted by atomic mass is 32.2. The highest BCUT2D eigenvalue weighted by Crippen LogP contribution is 2.32. The Balaban J connectivity index is 1.77. The molecule has 0 saturated heterocycles. The Morgan fingerprint density at radius 2 is 1.66 bits per heavy atom. The van der Waals surface area contributed by atoms with Crippen LogP contribution in [0.15, 0.2) is 75.2 Å². The van der Waals surface area contributed by atoms with Crippen molar-refractivity contribution in [2.75, 3.05) is 14.2 Å². The van der Waals surface area contributed by atoms with Crippen molar-refractivity contribution in [1.82, 2.24) is 14.6 Å². The van der Waals surface area contributed by atoms with Gasteiger partial charge in [-0.05, 0) is 29.8 Å². The van der Waals surface area contributed by atoms with Crippen molar-refractivity contribution in [3.05, 3.63) is 82.4 Å². The average molecular weight is 407 g/mol. The highest BCUT2D eigenvalue weighted by molar-refractivity contribution is 7.99. The molecule has 0 aliphatic rings. The van der Waals surface area contributed by atoms with Crippen LogP contribution in [0.3, 0.4) is 0 Å². The fourth-order valence-electron chi connectivity index (χ4n) is 3.22. The van der Waals surface area contributed by atoms with Crippen molar-refractivity contribution < 1.29 is 9.47 Å². The van der Waals surface area contributed by atoms with Gasteiger partial charge in [0.2, 0.25) is 0 Å². The maximum Gasteiger partial charge on any atom is 0.273 e. The molecule has 1 N–H and O–H groups in total. The molecular weight excluding hydrogens is 386 g/mol. The van der Waals surface area contributed by atoms with Gasteiger partial charge in [0.15, 0.2) is 5.65 Å². The lowest BCUT2D eigenvalue weighted by atomic mass is 10.1. The molecule has 4 rings (SSSR count). The number of hydrogen-bond acceptors (Lipinski definition) is 5. The van der Waals surface area contributed by atoms with Crippen LogP contribution < -0.4 is 5.56 Å². The number of benzene rings is 2. The van der Waals surface area contributed by atoms with Crippen molar-refractivity contribution in [2.24, 2.45) is 0 Å². The summed E-state index contributed by atoms with van der Waals surface area (Å²) in [5.74, 6) is 0. The van der Waals surface area contributed by atoms with E-state index in [9.17, 15) is 4.79 Å². The van der Waals surface area contributed by atoms with Crippen molar-refractivity contribution in [3.8, 4) is 11.1 Å². The van der Waals surface area contributed by atoms with E-state index in [2.05, 4.69) is 34.3 Å². The van der Waals surface area contributed by atoms with Gasteiger partial charge >= 0.3 is 0 Å². The number of nitrogens with one attached hydrogen (secondary N) is 1. The molecule has 148 valence electrons. The van der Waals surface area contributed by atoms with Crippen LogP contribution in [0.1, 0.15) is 11.4 Å². The van der Waals surface area contributed by atoms with E-state index in [1.54, 1.807) is 26.0 Å². The Bertz CT molecular complexity index is 1170. The van der Waals surface area contributed by atoms with Crippen LogP contribution >= 0.6 is 11.8 Å². The lowest BCUT2D eigenvalue weighted by molar-refractivity contribution is 0.181. The number of nitrogens with zero attached hydrogens (tertiary/aromatic N) is 2. The fraction of sp³-hybridized carbons (Fsp3) is 0.182. The number of H-pyrrole nitrogens is 1. The fourth-order valence-corrected chi connectivity index (χ4v) is 4.06. The third-order valence-electron chi connectivity index (χ3n) is 4.45. The Morgan fingerprint density at radius 3 is 2.34 bits per heavy atom. The molecular formula is C22H21N3O3S. The highest BCUT2D eigenvalue weighted by Gasteiger charge is 2.17. The average Bonchev–Trinajstić information content (AvgIpc) is 3.09. The molecule has 0 bridgehead atoms. The summed E-state index contributed by atoms with van der Waals surface area (Å²) in [6, 6.07) is 20.0. The van der Waals surface area contributed by atoms with Gasteiger partial charge in [0, 0.05) is 35.6 Å². The number of fused-ring (bicyclic) bond motifs is 1. The molecule has 0 radical (unpaired) electrons. The van der Waals surface area contributed by atoms with Gasteiger partial charge in [-0.3, -0.25) is 9.89 Å². The zero-order chi connectivity index (χ0) is 20.2. The normalized spacial score (nSPS) is 11.2. The minimum atomic E-state index is -0.179. The van der Waals surface area contributed by atoms with Crippen LogP contribution in [0.5, 0.6) is 0 Å². The molecule has 0 atom stereocenters. The summed E-state index contributed by atoms with van der Waals surface area (Å²) in [4.78, 5) is 19.5. The SMILES string of the molecule is COCc1cc(=O)n2[nH]c(COC)c(-c3ccc(Sc4ccccc4)cc3)c2n1. The van der Waals surface area contributed by atoms with Gasteiger partial charge in [0.1, 0.15) is 0 Å². The van der Waals surface area contributed by atoms with Crippen LogP contribution in [0.2, 0.25) is 0 Å². The number of aromatic amines is 1. The first-order valence-corrected chi connectivity index (χ1v) is 9.96. The van der Waals surface area contributed by atoms with E-state index in [4.69, 9.17) is 9.47 Å². The molecule has 0 aliphatic carbocycles. The smallest absolute Gasteiger partial charge is 0.273 e. The van der Waals surface area contributed by atoms with Gasteiger partial charge in [-0.15, -0.1) is 0 Å². The van der Waals surface area contributed by atoms with E-state index in [0.29, 0.717) is 17.9 Å². The Hall–Kier alpha value is -2.87. The van der Waals surface area contributed by atoms with Crippen molar-refractivity contribution >= 4 is 17.4 Å². The lowest BCUT2D eigenvalue weighted by Gasteiger charge is -2.06. The summed E-state index contributed by atoms with van der Waals surface area (Å²) >= 11 is 1.70. The van der Waals surface area contributed by atoms with Crippen LogP contribution in [-0.4, -0.2) is 28.8 Å². The summed E-state index contributed by atoms with van der Waals surface area (Å²) in [7, 11) is 3.21. The van der Waals surface area contributed by atoms with Crippen molar-refractivity contribution in [2.45, 2.75) is 23.0 Å². The number of hydrogen-bond donors (Lipinski definition) is 1. The molecule has 0 spiro atoms. The minimum Gasteiger partial charge on any atom is -0.378 e. The van der Waals surface area contributed by atoms with Gasteiger partial charge in [0.25, 0.3) is 5.56 Å². The maximum absolute atomic E-state index is 12.5. The van der Waals surface area contributed by atoms with Crippen LogP contribution in [0, 0.1) is 0 Å². The standard InChI is InChI=1S/C22H21N3O3S/c1-27-13-16-12-20(26)25-22(23-16)21(19(24-25)14-28-2)15-8-10-18(11-9-15)29-17-6-4-3-5-7-17/h3-12,24H,13-14H2,1-2H3. The Morgan fingerprint density at radius 1 is 0.966 bits per heavy atom. The van der Waals surface area contributed by atoms with Gasteiger partial charge in [-0.25, -0.2) is 9.50 Å². The monoisotopic (exact) mass is 407 g/mol. The van der Waals surface area contributed by atoms with Gasteiger partial charge in [-0.1, -0.05) is 42.1 Å². The quantitative estimate of drug-likeness (QED) is 0.499. The maximum atomic E-state index is 12.5. The number of rotatable bonds is 7. The third-order valence-corrected chi connectivity index (χ3v) is 5.46. The van der Waals surface area contributed by atoms with E-state index in [1.807, 2.05) is 30.3 Å². The van der Waals surface area contributed by atoms with Gasteiger partial charge < -0.3 is 9.47 Å². The summed E-state index contributed by atoms with van der Waals surface area (Å²) < 4.78 is 11.9. The molecule has 2 aromatic heterocycles. The second-order valence-corrected chi connectivity index (χ2v) is 7.66. The number of ether oxygens (including phenoxy) is 2. The molecule has 6 nitrogen and oxygen atoms in total. The van der Waals surface area contributed by atoms with E-state index in [0.717, 1.165) is 21.7 Å². The Kier molecular flexibility index (Phi) is 5.80. The zero-order valence-corrected chi connectivity index (χ0v) is 17.0. The lowest BCUT2D eigenvalue weighted by Crippen LogP contribution is -2.16. The molecule has 0 amide bonds. The summed E-state index contributed by atoms with van der Waals surface area (Å²) in [6.07, 6.45) is 0. The predicted octanol–water partition coefficient (Wildman–Crippen LogP) is 4.13. The topological polar surface area (TPSA) is 68.6 Å². The molecule has 2 aromatic carbocycles. The van der Waals surface area contributed by atoms with E-state index < -0.39 is 0 Å². The molecule has 0 fully saturated rings. The second-order valence-electron chi connectivity index (χ2n) is 6.52. The van der Waals surface area contributed by atoms with E-state index in [1.165, 1.54) is 15.5 Å². The third kappa shape index (κ3) is 4.12. The second kappa shape index (κ2) is 8.65. The first-order valence-electron chi connectivity index (χ1n) is 9.14. The Labute approximate surface area is 172 Å². The molecule has 0 unspecified atom stereocenters. The van der Waals surface area contributed by atoms with Gasteiger partial charge in [0.05, 0.1) is 24.6 Å². The first kappa shape index (κ1) is 19.4. The molecule has 4 aromatic rings. The summed E-state index contributed by atoms with van der Waals surface area (Å²) in [5, 5.41) is 3.13. The van der Waals surface area contributed by atoms with Crippen LogP contribution in [0.25, 0.3) is 16.8 Å². The van der Waals surface area contributed by atoms with E-state index >= 15 is 0 Å². The summed E-state index contributed by atoms with van der Waals surface area (Å²) in [5.41, 5.74) is 3.61. The molecule has 7 heteroatoms. The minimum absolute atomic E-state index is 0.179. The van der Waals surface area contributed by atoms with Crippen LogP contribution in [0.4, 0.5) is 0 Å². The van der Waals surface area contributed by atoms with Crippen molar-refractivity contribution in [3.63, 3.8) is 0 Å². The van der Waals surface area contributed by atoms with Crippen molar-refractivity contribution in [1.29, 1.82) is 0 Å². The first-order chi connectivity index (χ1) is 14.2. The van der Waals surface area contributed by atoms with E-state index in [-0.39, 0.29) is 12.2 Å². The summed E-state index contributed by atoms with van der Waals surface area (Å²) in [6.45, 7) is 0.626.